The maximum Gasteiger partial charge on any atom is 0.308 e. The number of hydrogen-bond donors (Lipinski definition) is 1. The molecular formula is C21H41NO7. The number of rotatable bonds is 14. The van der Waals surface area contributed by atoms with Crippen LogP contribution in [0, 0.1) is 0 Å². The van der Waals surface area contributed by atoms with E-state index in [0.29, 0.717) is 6.61 Å². The highest BCUT2D eigenvalue weighted by molar-refractivity contribution is 5.70. The Morgan fingerprint density at radius 1 is 0.690 bits per heavy atom. The average molecular weight is 420 g/mol. The summed E-state index contributed by atoms with van der Waals surface area (Å²) >= 11 is 0. The number of nitrogens with two attached hydrogens (primary N) is 1. The molecule has 8 heteroatoms. The molecule has 0 bridgehead atoms. The predicted molar refractivity (Wildman–Crippen MR) is 111 cm³/mol. The van der Waals surface area contributed by atoms with E-state index in [1.807, 2.05) is 48.5 Å². The largest absolute Gasteiger partial charge is 0.460 e. The van der Waals surface area contributed by atoms with Crippen LogP contribution in [0.5, 0.6) is 0 Å². The first kappa shape index (κ1) is 27.8. The van der Waals surface area contributed by atoms with Gasteiger partial charge in [0.25, 0.3) is 0 Å². The molecule has 0 saturated carbocycles. The highest BCUT2D eigenvalue weighted by Crippen LogP contribution is 2.11. The standard InChI is InChI=1S/C21H41NO7/c1-8-11-25-14-21(22,15-26-12-9-17(23)28-19(2,3)4)16-27-13-10-18(24)29-20(5,6)7/h8-16,22H2,1-7H3. The van der Waals surface area contributed by atoms with Crippen molar-refractivity contribution >= 4 is 11.9 Å². The Bertz CT molecular complexity index is 444. The molecule has 0 aliphatic rings. The van der Waals surface area contributed by atoms with Crippen LogP contribution >= 0.6 is 0 Å². The van der Waals surface area contributed by atoms with Crippen LogP contribution in [-0.4, -0.2) is 68.3 Å². The molecule has 29 heavy (non-hydrogen) atoms. The Balaban J connectivity index is 4.35. The van der Waals surface area contributed by atoms with Crippen molar-refractivity contribution in [2.45, 2.75) is 84.5 Å². The van der Waals surface area contributed by atoms with E-state index < -0.39 is 16.7 Å². The summed E-state index contributed by atoms with van der Waals surface area (Å²) in [5, 5.41) is 0. The number of ether oxygens (including phenoxy) is 5. The van der Waals surface area contributed by atoms with Gasteiger partial charge in [0.1, 0.15) is 11.2 Å². The van der Waals surface area contributed by atoms with E-state index in [1.165, 1.54) is 0 Å². The first-order chi connectivity index (χ1) is 13.3. The fourth-order valence-corrected chi connectivity index (χ4v) is 2.19. The maximum atomic E-state index is 11.7. The molecule has 0 heterocycles. The molecule has 172 valence electrons. The number of carbonyl (C=O) groups is 2. The van der Waals surface area contributed by atoms with E-state index >= 15 is 0 Å². The normalized spacial score (nSPS) is 12.7. The molecule has 0 aliphatic carbocycles. The van der Waals surface area contributed by atoms with E-state index in [9.17, 15) is 9.59 Å². The highest BCUT2D eigenvalue weighted by Gasteiger charge is 2.27. The zero-order valence-corrected chi connectivity index (χ0v) is 19.3. The molecule has 0 aromatic carbocycles. The first-order valence-electron chi connectivity index (χ1n) is 10.2. The van der Waals surface area contributed by atoms with Gasteiger partial charge in [-0.1, -0.05) is 6.92 Å². The molecule has 0 aromatic heterocycles. The van der Waals surface area contributed by atoms with Gasteiger partial charge in [0.15, 0.2) is 0 Å². The molecule has 0 spiro atoms. The molecule has 2 N–H and O–H groups in total. The highest BCUT2D eigenvalue weighted by atomic mass is 16.6. The third-order valence-electron chi connectivity index (χ3n) is 3.26. The van der Waals surface area contributed by atoms with Crippen molar-refractivity contribution in [1.82, 2.24) is 0 Å². The summed E-state index contributed by atoms with van der Waals surface area (Å²) in [7, 11) is 0. The summed E-state index contributed by atoms with van der Waals surface area (Å²) < 4.78 is 27.2. The lowest BCUT2D eigenvalue weighted by atomic mass is 10.1. The Hall–Kier alpha value is -1.22. The lowest BCUT2D eigenvalue weighted by Crippen LogP contribution is -2.53. The van der Waals surface area contributed by atoms with E-state index in [-0.39, 0.29) is 57.8 Å². The predicted octanol–water partition coefficient (Wildman–Crippen LogP) is 2.61. The van der Waals surface area contributed by atoms with Crippen molar-refractivity contribution in [3.05, 3.63) is 0 Å². The summed E-state index contributed by atoms with van der Waals surface area (Å²) in [4.78, 5) is 23.5. The zero-order chi connectivity index (χ0) is 22.6. The molecule has 0 aliphatic heterocycles. The fourth-order valence-electron chi connectivity index (χ4n) is 2.19. The second kappa shape index (κ2) is 13.2. The van der Waals surface area contributed by atoms with E-state index in [0.717, 1.165) is 6.42 Å². The van der Waals surface area contributed by atoms with E-state index in [4.69, 9.17) is 29.4 Å². The van der Waals surface area contributed by atoms with E-state index in [2.05, 4.69) is 0 Å². The lowest BCUT2D eigenvalue weighted by molar-refractivity contribution is -0.157. The molecule has 0 radical (unpaired) electrons. The lowest BCUT2D eigenvalue weighted by Gasteiger charge is -2.29. The Morgan fingerprint density at radius 3 is 1.34 bits per heavy atom. The summed E-state index contributed by atoms with van der Waals surface area (Å²) in [6.45, 7) is 14.4. The van der Waals surface area contributed by atoms with Crippen molar-refractivity contribution in [1.29, 1.82) is 0 Å². The van der Waals surface area contributed by atoms with Crippen LogP contribution in [0.1, 0.15) is 67.7 Å². The molecule has 0 atom stereocenters. The quantitative estimate of drug-likeness (QED) is 0.338. The minimum Gasteiger partial charge on any atom is -0.460 e. The number of esters is 2. The van der Waals surface area contributed by atoms with Crippen LogP contribution in [0.3, 0.4) is 0 Å². The number of hydrogen-bond acceptors (Lipinski definition) is 8. The van der Waals surface area contributed by atoms with Crippen LogP contribution in [-0.2, 0) is 33.3 Å². The average Bonchev–Trinajstić information content (AvgIpc) is 2.53. The van der Waals surface area contributed by atoms with Crippen LogP contribution in [0.2, 0.25) is 0 Å². The van der Waals surface area contributed by atoms with Gasteiger partial charge in [0.2, 0.25) is 0 Å². The number of carbonyl (C=O) groups excluding carboxylic acids is 2. The van der Waals surface area contributed by atoms with Crippen molar-refractivity contribution < 1.29 is 33.3 Å². The Morgan fingerprint density at radius 2 is 1.03 bits per heavy atom. The van der Waals surface area contributed by atoms with Crippen LogP contribution in [0.25, 0.3) is 0 Å². The molecule has 0 rings (SSSR count). The summed E-state index contributed by atoms with van der Waals surface area (Å²) in [5.41, 5.74) is 4.44. The Kier molecular flexibility index (Phi) is 12.6. The molecular weight excluding hydrogens is 378 g/mol. The molecule has 8 nitrogen and oxygen atoms in total. The molecule has 0 unspecified atom stereocenters. The van der Waals surface area contributed by atoms with Gasteiger partial charge in [-0.05, 0) is 48.0 Å². The van der Waals surface area contributed by atoms with Gasteiger partial charge in [0.05, 0.1) is 51.4 Å². The van der Waals surface area contributed by atoms with Gasteiger partial charge < -0.3 is 29.4 Å². The van der Waals surface area contributed by atoms with Crippen molar-refractivity contribution in [3.8, 4) is 0 Å². The van der Waals surface area contributed by atoms with Crippen LogP contribution in [0.4, 0.5) is 0 Å². The molecule has 0 saturated heterocycles. The van der Waals surface area contributed by atoms with Gasteiger partial charge in [-0.3, -0.25) is 9.59 Å². The van der Waals surface area contributed by atoms with Gasteiger partial charge in [-0.2, -0.15) is 0 Å². The van der Waals surface area contributed by atoms with Gasteiger partial charge in [0, 0.05) is 6.61 Å². The molecule has 0 amide bonds. The smallest absolute Gasteiger partial charge is 0.308 e. The van der Waals surface area contributed by atoms with Gasteiger partial charge in [-0.15, -0.1) is 0 Å². The molecule has 0 fully saturated rings. The molecule has 0 aromatic rings. The maximum absolute atomic E-state index is 11.7. The summed E-state index contributed by atoms with van der Waals surface area (Å²) in [6.07, 6.45) is 1.15. The first-order valence-corrected chi connectivity index (χ1v) is 10.2. The second-order valence-electron chi connectivity index (χ2n) is 9.19. The van der Waals surface area contributed by atoms with Gasteiger partial charge in [-0.25, -0.2) is 0 Å². The third kappa shape index (κ3) is 17.4. The third-order valence-corrected chi connectivity index (χ3v) is 3.26. The van der Waals surface area contributed by atoms with Gasteiger partial charge >= 0.3 is 11.9 Å². The van der Waals surface area contributed by atoms with Crippen molar-refractivity contribution in [2.24, 2.45) is 5.73 Å². The topological polar surface area (TPSA) is 106 Å². The SMILES string of the molecule is CCCOCC(N)(COCCC(=O)OC(C)(C)C)COCCC(=O)OC(C)(C)C. The minimum atomic E-state index is -0.878. The van der Waals surface area contributed by atoms with Crippen molar-refractivity contribution in [2.75, 3.05) is 39.6 Å². The second-order valence-corrected chi connectivity index (χ2v) is 9.19. The van der Waals surface area contributed by atoms with Crippen LogP contribution < -0.4 is 5.73 Å². The fraction of sp³-hybridized carbons (Fsp3) is 0.905. The summed E-state index contributed by atoms with van der Waals surface area (Å²) in [5.74, 6) is -0.646. The monoisotopic (exact) mass is 419 g/mol. The van der Waals surface area contributed by atoms with E-state index in [1.54, 1.807) is 0 Å². The summed E-state index contributed by atoms with van der Waals surface area (Å²) in [6, 6.07) is 0. The van der Waals surface area contributed by atoms with Crippen molar-refractivity contribution in [3.63, 3.8) is 0 Å². The van der Waals surface area contributed by atoms with Crippen LogP contribution in [0.15, 0.2) is 0 Å². The zero-order valence-electron chi connectivity index (χ0n) is 19.3. The Labute approximate surface area is 175 Å². The minimum absolute atomic E-state index is 0.142.